The molecule has 0 spiro atoms. The van der Waals surface area contributed by atoms with E-state index in [1.165, 1.54) is 4.70 Å². The van der Waals surface area contributed by atoms with Crippen LogP contribution in [0, 0.1) is 0 Å². The highest BCUT2D eigenvalue weighted by molar-refractivity contribution is 7.21. The molecule has 1 saturated heterocycles. The minimum Gasteiger partial charge on any atom is -0.370 e. The van der Waals surface area contributed by atoms with Crippen LogP contribution in [0.3, 0.4) is 0 Å². The van der Waals surface area contributed by atoms with Crippen LogP contribution in [0.15, 0.2) is 54.6 Å². The maximum absolute atomic E-state index is 11.7. The fourth-order valence-electron chi connectivity index (χ4n) is 3.86. The number of likely N-dealkylation sites (tertiary alicyclic amines) is 1. The van der Waals surface area contributed by atoms with Crippen molar-refractivity contribution in [1.82, 2.24) is 14.9 Å². The Morgan fingerprint density at radius 1 is 1.03 bits per heavy atom. The number of amides is 1. The number of aromatic nitrogens is 2. The topological polar surface area (TPSA) is 58.1 Å². The molecule has 0 radical (unpaired) electrons. The van der Waals surface area contributed by atoms with E-state index in [0.29, 0.717) is 6.42 Å². The fourth-order valence-corrected chi connectivity index (χ4v) is 4.85. The summed E-state index contributed by atoms with van der Waals surface area (Å²) in [6.07, 6.45) is 2.60. The zero-order valence-electron chi connectivity index (χ0n) is 16.1. The molecule has 1 N–H and O–H groups in total. The Bertz CT molecular complexity index is 1150. The fraction of sp³-hybridized carbons (Fsp3) is 0.261. The first-order chi connectivity index (χ1) is 14.3. The standard InChI is InChI=1S/C23H22N4OS/c28-22-11-5-13-27(22)14-6-12-24-21-15-17(16-7-1-2-8-18(16)25-21)23-26-19-9-3-4-10-20(19)29-23/h1-4,7-10,15H,5-6,11-14H2,(H,24,25). The first-order valence-electron chi connectivity index (χ1n) is 10.1. The predicted molar refractivity (Wildman–Crippen MR) is 119 cm³/mol. The number of thiazole rings is 1. The maximum Gasteiger partial charge on any atom is 0.222 e. The second-order valence-corrected chi connectivity index (χ2v) is 8.35. The van der Waals surface area contributed by atoms with Gasteiger partial charge in [0.1, 0.15) is 10.8 Å². The molecule has 0 atom stereocenters. The SMILES string of the molecule is O=C1CCCN1CCCNc1cc(-c2nc3ccccc3s2)c2ccccc2n1. The van der Waals surface area contributed by atoms with E-state index in [2.05, 4.69) is 29.6 Å². The van der Waals surface area contributed by atoms with Crippen LogP contribution in [0.2, 0.25) is 0 Å². The van der Waals surface area contributed by atoms with Crippen LogP contribution in [0.1, 0.15) is 19.3 Å². The zero-order chi connectivity index (χ0) is 19.6. The van der Waals surface area contributed by atoms with Crippen LogP contribution in [0.5, 0.6) is 0 Å². The van der Waals surface area contributed by atoms with Gasteiger partial charge in [-0.15, -0.1) is 11.3 Å². The third-order valence-corrected chi connectivity index (χ3v) is 6.39. The molecule has 6 heteroatoms. The lowest BCUT2D eigenvalue weighted by atomic mass is 10.1. The smallest absolute Gasteiger partial charge is 0.222 e. The third kappa shape index (κ3) is 3.68. The Kier molecular flexibility index (Phi) is 4.86. The van der Waals surface area contributed by atoms with Crippen molar-refractivity contribution in [2.24, 2.45) is 0 Å². The van der Waals surface area contributed by atoms with E-state index >= 15 is 0 Å². The Labute approximate surface area is 173 Å². The van der Waals surface area contributed by atoms with Crippen LogP contribution in [-0.4, -0.2) is 40.4 Å². The average molecular weight is 403 g/mol. The highest BCUT2D eigenvalue weighted by Gasteiger charge is 2.19. The van der Waals surface area contributed by atoms with Crippen molar-refractivity contribution < 1.29 is 4.79 Å². The van der Waals surface area contributed by atoms with Crippen LogP contribution in [0.25, 0.3) is 31.7 Å². The molecular formula is C23H22N4OS. The van der Waals surface area contributed by atoms with Gasteiger partial charge in [-0.05, 0) is 37.1 Å². The highest BCUT2D eigenvalue weighted by Crippen LogP contribution is 2.35. The molecule has 5 rings (SSSR count). The predicted octanol–water partition coefficient (Wildman–Crippen LogP) is 4.94. The minimum atomic E-state index is 0.284. The zero-order valence-corrected chi connectivity index (χ0v) is 16.9. The number of benzene rings is 2. The second-order valence-electron chi connectivity index (χ2n) is 7.32. The lowest BCUT2D eigenvalue weighted by Crippen LogP contribution is -2.27. The molecule has 3 heterocycles. The number of pyridine rings is 1. The van der Waals surface area contributed by atoms with Crippen LogP contribution in [0.4, 0.5) is 5.82 Å². The molecule has 5 nitrogen and oxygen atoms in total. The number of anilines is 1. The first kappa shape index (κ1) is 18.1. The lowest BCUT2D eigenvalue weighted by molar-refractivity contribution is -0.127. The number of hydrogen-bond donors (Lipinski definition) is 1. The molecule has 0 saturated carbocycles. The molecule has 0 unspecified atom stereocenters. The lowest BCUT2D eigenvalue weighted by Gasteiger charge is -2.15. The van der Waals surface area contributed by atoms with Crippen molar-refractivity contribution in [3.8, 4) is 10.6 Å². The number of hydrogen-bond acceptors (Lipinski definition) is 5. The Hall–Kier alpha value is -2.99. The molecule has 2 aromatic heterocycles. The minimum absolute atomic E-state index is 0.284. The summed E-state index contributed by atoms with van der Waals surface area (Å²) in [5.74, 6) is 1.14. The third-order valence-electron chi connectivity index (χ3n) is 5.32. The molecule has 1 amide bonds. The monoisotopic (exact) mass is 402 g/mol. The summed E-state index contributed by atoms with van der Waals surface area (Å²) >= 11 is 1.71. The van der Waals surface area contributed by atoms with Gasteiger partial charge in [0.25, 0.3) is 0 Å². The van der Waals surface area contributed by atoms with Crippen molar-refractivity contribution in [2.45, 2.75) is 19.3 Å². The summed E-state index contributed by atoms with van der Waals surface area (Å²) in [5.41, 5.74) is 3.09. The van der Waals surface area contributed by atoms with Crippen LogP contribution >= 0.6 is 11.3 Å². The quantitative estimate of drug-likeness (QED) is 0.464. The van der Waals surface area contributed by atoms with E-state index in [0.717, 1.165) is 65.3 Å². The van der Waals surface area contributed by atoms with Crippen molar-refractivity contribution in [1.29, 1.82) is 0 Å². The molecular weight excluding hydrogens is 380 g/mol. The number of carbonyl (C=O) groups is 1. The van der Waals surface area contributed by atoms with Gasteiger partial charge in [0, 0.05) is 37.0 Å². The summed E-state index contributed by atoms with van der Waals surface area (Å²) < 4.78 is 1.19. The molecule has 29 heavy (non-hydrogen) atoms. The largest absolute Gasteiger partial charge is 0.370 e. The van der Waals surface area contributed by atoms with Crippen molar-refractivity contribution >= 4 is 44.2 Å². The summed E-state index contributed by atoms with van der Waals surface area (Å²) in [6, 6.07) is 18.5. The van der Waals surface area contributed by atoms with Gasteiger partial charge in [0.2, 0.25) is 5.91 Å². The molecule has 0 bridgehead atoms. The molecule has 1 aliphatic rings. The van der Waals surface area contributed by atoms with Crippen LogP contribution < -0.4 is 5.32 Å². The first-order valence-corrected chi connectivity index (χ1v) is 10.9. The van der Waals surface area contributed by atoms with E-state index in [4.69, 9.17) is 9.97 Å². The van der Waals surface area contributed by atoms with Gasteiger partial charge in [0.15, 0.2) is 0 Å². The molecule has 1 aliphatic heterocycles. The highest BCUT2D eigenvalue weighted by atomic mass is 32.1. The molecule has 0 aliphatic carbocycles. The molecule has 4 aromatic rings. The van der Waals surface area contributed by atoms with Gasteiger partial charge >= 0.3 is 0 Å². The van der Waals surface area contributed by atoms with Gasteiger partial charge < -0.3 is 10.2 Å². The molecule has 2 aromatic carbocycles. The molecule has 146 valence electrons. The number of para-hydroxylation sites is 2. The Morgan fingerprint density at radius 2 is 1.86 bits per heavy atom. The van der Waals surface area contributed by atoms with Gasteiger partial charge in [-0.3, -0.25) is 4.79 Å². The number of rotatable bonds is 6. The average Bonchev–Trinajstić information content (AvgIpc) is 3.36. The Morgan fingerprint density at radius 3 is 2.69 bits per heavy atom. The number of fused-ring (bicyclic) bond motifs is 2. The summed E-state index contributed by atoms with van der Waals surface area (Å²) in [4.78, 5) is 23.3. The van der Waals surface area contributed by atoms with Crippen molar-refractivity contribution in [2.75, 3.05) is 25.0 Å². The number of carbonyl (C=O) groups excluding carboxylic acids is 1. The maximum atomic E-state index is 11.7. The van der Waals surface area contributed by atoms with E-state index in [-0.39, 0.29) is 5.91 Å². The van der Waals surface area contributed by atoms with E-state index in [9.17, 15) is 4.79 Å². The summed E-state index contributed by atoms with van der Waals surface area (Å²) in [7, 11) is 0. The van der Waals surface area contributed by atoms with E-state index in [1.807, 2.05) is 35.2 Å². The normalized spacial score (nSPS) is 14.2. The summed E-state index contributed by atoms with van der Waals surface area (Å²) in [6.45, 7) is 2.49. The van der Waals surface area contributed by atoms with E-state index in [1.54, 1.807) is 11.3 Å². The Balaban J connectivity index is 1.40. The van der Waals surface area contributed by atoms with Crippen LogP contribution in [-0.2, 0) is 4.79 Å². The summed E-state index contributed by atoms with van der Waals surface area (Å²) in [5, 5.41) is 5.57. The molecule has 1 fully saturated rings. The van der Waals surface area contributed by atoms with E-state index < -0.39 is 0 Å². The number of nitrogens with zero attached hydrogens (tertiary/aromatic N) is 3. The van der Waals surface area contributed by atoms with Crippen molar-refractivity contribution in [3.05, 3.63) is 54.6 Å². The van der Waals surface area contributed by atoms with Gasteiger partial charge in [0.05, 0.1) is 15.7 Å². The van der Waals surface area contributed by atoms with Gasteiger partial charge in [-0.25, -0.2) is 9.97 Å². The second kappa shape index (κ2) is 7.79. The van der Waals surface area contributed by atoms with Crippen molar-refractivity contribution in [3.63, 3.8) is 0 Å². The number of nitrogens with one attached hydrogen (secondary N) is 1. The van der Waals surface area contributed by atoms with Gasteiger partial charge in [-0.1, -0.05) is 30.3 Å². The van der Waals surface area contributed by atoms with Gasteiger partial charge in [-0.2, -0.15) is 0 Å².